The van der Waals surface area contributed by atoms with E-state index in [0.717, 1.165) is 0 Å². The van der Waals surface area contributed by atoms with Gasteiger partial charge in [-0.05, 0) is 36.8 Å². The number of hydroxylamine groups is 2. The SMILES string of the molecule is COc1ccc(O)c(C(=O)C2CCN2Oc2cccc(N)c2)c1. The van der Waals surface area contributed by atoms with Crippen molar-refractivity contribution in [2.75, 3.05) is 19.4 Å². The van der Waals surface area contributed by atoms with Gasteiger partial charge in [-0.25, -0.2) is 0 Å². The third kappa shape index (κ3) is 3.07. The lowest BCUT2D eigenvalue weighted by atomic mass is 9.95. The Morgan fingerprint density at radius 3 is 2.74 bits per heavy atom. The fourth-order valence-electron chi connectivity index (χ4n) is 2.46. The predicted octanol–water partition coefficient (Wildman–Crippen LogP) is 2.23. The third-order valence-electron chi connectivity index (χ3n) is 3.82. The number of ketones is 1. The first-order valence-electron chi connectivity index (χ1n) is 7.30. The molecule has 0 aromatic heterocycles. The van der Waals surface area contributed by atoms with Crippen molar-refractivity contribution in [1.82, 2.24) is 5.06 Å². The molecule has 120 valence electrons. The van der Waals surface area contributed by atoms with Gasteiger partial charge in [0.2, 0.25) is 0 Å². The number of rotatable bonds is 5. The van der Waals surface area contributed by atoms with Crippen molar-refractivity contribution in [3.63, 3.8) is 0 Å². The zero-order valence-electron chi connectivity index (χ0n) is 12.7. The molecular formula is C17H18N2O4. The van der Waals surface area contributed by atoms with E-state index < -0.39 is 6.04 Å². The number of hydrogen-bond acceptors (Lipinski definition) is 6. The topological polar surface area (TPSA) is 85.0 Å². The maximum atomic E-state index is 12.6. The number of carbonyl (C=O) groups excluding carboxylic acids is 1. The number of nitrogens with two attached hydrogens (primary N) is 1. The molecule has 1 aliphatic heterocycles. The number of anilines is 1. The number of hydrogen-bond donors (Lipinski definition) is 2. The summed E-state index contributed by atoms with van der Waals surface area (Å²) in [5.74, 6) is 0.842. The van der Waals surface area contributed by atoms with Crippen LogP contribution < -0.4 is 15.3 Å². The standard InChI is InChI=1S/C17H18N2O4/c1-22-12-5-6-16(20)14(10-12)17(21)15-7-8-19(15)23-13-4-2-3-11(18)9-13/h2-6,9-10,15,20H,7-8,18H2,1H3. The van der Waals surface area contributed by atoms with E-state index in [1.807, 2.05) is 0 Å². The zero-order valence-corrected chi connectivity index (χ0v) is 12.7. The highest BCUT2D eigenvalue weighted by molar-refractivity contribution is 6.03. The number of phenols is 1. The summed E-state index contributed by atoms with van der Waals surface area (Å²) in [4.78, 5) is 18.3. The molecule has 1 fully saturated rings. The van der Waals surface area contributed by atoms with Gasteiger partial charge >= 0.3 is 0 Å². The van der Waals surface area contributed by atoms with Crippen molar-refractivity contribution in [1.29, 1.82) is 0 Å². The molecule has 2 aromatic carbocycles. The van der Waals surface area contributed by atoms with Crippen LogP contribution >= 0.6 is 0 Å². The molecule has 1 unspecified atom stereocenters. The van der Waals surface area contributed by atoms with Gasteiger partial charge in [-0.1, -0.05) is 6.07 Å². The number of phenolic OH excluding ortho intramolecular Hbond substituents is 1. The number of methoxy groups -OCH3 is 1. The van der Waals surface area contributed by atoms with Gasteiger partial charge in [0.1, 0.15) is 23.3 Å². The molecule has 3 rings (SSSR count). The van der Waals surface area contributed by atoms with Crippen LogP contribution in [0.4, 0.5) is 5.69 Å². The van der Waals surface area contributed by atoms with Gasteiger partial charge in [-0.3, -0.25) is 4.79 Å². The lowest BCUT2D eigenvalue weighted by Gasteiger charge is -2.38. The first-order valence-corrected chi connectivity index (χ1v) is 7.30. The predicted molar refractivity (Wildman–Crippen MR) is 85.6 cm³/mol. The quantitative estimate of drug-likeness (QED) is 0.650. The molecule has 0 amide bonds. The van der Waals surface area contributed by atoms with Crippen LogP contribution in [-0.2, 0) is 0 Å². The Morgan fingerprint density at radius 2 is 2.09 bits per heavy atom. The Bertz CT molecular complexity index is 732. The lowest BCUT2D eigenvalue weighted by Crippen LogP contribution is -2.53. The van der Waals surface area contributed by atoms with Crippen LogP contribution in [0.3, 0.4) is 0 Å². The van der Waals surface area contributed by atoms with Crippen LogP contribution in [-0.4, -0.2) is 35.6 Å². The van der Waals surface area contributed by atoms with E-state index in [4.69, 9.17) is 15.3 Å². The molecule has 1 aliphatic rings. The van der Waals surface area contributed by atoms with Crippen molar-refractivity contribution >= 4 is 11.5 Å². The van der Waals surface area contributed by atoms with Crippen molar-refractivity contribution in [2.24, 2.45) is 0 Å². The van der Waals surface area contributed by atoms with E-state index in [9.17, 15) is 9.90 Å². The van der Waals surface area contributed by atoms with Gasteiger partial charge in [0.15, 0.2) is 5.78 Å². The Kier molecular flexibility index (Phi) is 4.08. The van der Waals surface area contributed by atoms with Crippen molar-refractivity contribution in [3.05, 3.63) is 48.0 Å². The summed E-state index contributed by atoms with van der Waals surface area (Å²) in [7, 11) is 1.51. The minimum absolute atomic E-state index is 0.0633. The normalized spacial score (nSPS) is 17.3. The monoisotopic (exact) mass is 314 g/mol. The highest BCUT2D eigenvalue weighted by Gasteiger charge is 2.38. The second-order valence-electron chi connectivity index (χ2n) is 5.36. The Hall–Kier alpha value is -2.73. The second kappa shape index (κ2) is 6.18. The second-order valence-corrected chi connectivity index (χ2v) is 5.36. The van der Waals surface area contributed by atoms with Gasteiger partial charge in [-0.15, -0.1) is 5.06 Å². The van der Waals surface area contributed by atoms with Crippen LogP contribution in [0.2, 0.25) is 0 Å². The Morgan fingerprint density at radius 1 is 1.26 bits per heavy atom. The number of carbonyl (C=O) groups is 1. The molecule has 0 saturated carbocycles. The molecule has 2 aromatic rings. The van der Waals surface area contributed by atoms with E-state index >= 15 is 0 Å². The van der Waals surface area contributed by atoms with E-state index in [0.29, 0.717) is 30.2 Å². The molecule has 0 aliphatic carbocycles. The number of benzene rings is 2. The highest BCUT2D eigenvalue weighted by atomic mass is 16.7. The summed E-state index contributed by atoms with van der Waals surface area (Å²) in [6.45, 7) is 0.635. The molecule has 1 atom stereocenters. The molecule has 0 bridgehead atoms. The first kappa shape index (κ1) is 15.2. The molecule has 0 radical (unpaired) electrons. The number of nitrogen functional groups attached to an aromatic ring is 1. The van der Waals surface area contributed by atoms with Gasteiger partial charge in [0.25, 0.3) is 0 Å². The molecule has 23 heavy (non-hydrogen) atoms. The van der Waals surface area contributed by atoms with Crippen LogP contribution in [0.1, 0.15) is 16.8 Å². The van der Waals surface area contributed by atoms with Gasteiger partial charge in [0.05, 0.1) is 12.7 Å². The van der Waals surface area contributed by atoms with Crippen molar-refractivity contribution < 1.29 is 19.5 Å². The fourth-order valence-corrected chi connectivity index (χ4v) is 2.46. The lowest BCUT2D eigenvalue weighted by molar-refractivity contribution is -0.137. The van der Waals surface area contributed by atoms with Gasteiger partial charge < -0.3 is 20.4 Å². The average Bonchev–Trinajstić information content (AvgIpc) is 2.52. The number of aromatic hydroxyl groups is 1. The summed E-state index contributed by atoms with van der Waals surface area (Å²) < 4.78 is 5.10. The number of ether oxygens (including phenoxy) is 1. The van der Waals surface area contributed by atoms with Crippen LogP contribution in [0.25, 0.3) is 0 Å². The maximum absolute atomic E-state index is 12.6. The highest BCUT2D eigenvalue weighted by Crippen LogP contribution is 2.30. The zero-order chi connectivity index (χ0) is 16.4. The van der Waals surface area contributed by atoms with E-state index in [1.54, 1.807) is 35.4 Å². The third-order valence-corrected chi connectivity index (χ3v) is 3.82. The van der Waals surface area contributed by atoms with E-state index in [-0.39, 0.29) is 17.1 Å². The van der Waals surface area contributed by atoms with Crippen LogP contribution in [0.15, 0.2) is 42.5 Å². The molecule has 1 saturated heterocycles. The molecular weight excluding hydrogens is 296 g/mol. The molecule has 3 N–H and O–H groups in total. The Labute approximate surface area is 134 Å². The van der Waals surface area contributed by atoms with Crippen LogP contribution in [0.5, 0.6) is 17.2 Å². The summed E-state index contributed by atoms with van der Waals surface area (Å²) in [6.07, 6.45) is 0.664. The van der Waals surface area contributed by atoms with Crippen molar-refractivity contribution in [2.45, 2.75) is 12.5 Å². The molecule has 1 heterocycles. The van der Waals surface area contributed by atoms with Gasteiger partial charge in [0, 0.05) is 18.3 Å². The fraction of sp³-hybridized carbons (Fsp3) is 0.235. The summed E-state index contributed by atoms with van der Waals surface area (Å²) in [5.41, 5.74) is 6.54. The van der Waals surface area contributed by atoms with Crippen molar-refractivity contribution in [3.8, 4) is 17.2 Å². The first-order chi connectivity index (χ1) is 11.1. The summed E-state index contributed by atoms with van der Waals surface area (Å²) >= 11 is 0. The smallest absolute Gasteiger partial charge is 0.187 e. The summed E-state index contributed by atoms with van der Waals surface area (Å²) in [6, 6.07) is 11.2. The Balaban J connectivity index is 1.75. The van der Waals surface area contributed by atoms with Crippen LogP contribution in [0, 0.1) is 0 Å². The van der Waals surface area contributed by atoms with E-state index in [2.05, 4.69) is 0 Å². The number of nitrogens with zero attached hydrogens (tertiary/aromatic N) is 1. The largest absolute Gasteiger partial charge is 0.507 e. The van der Waals surface area contributed by atoms with Gasteiger partial charge in [-0.2, -0.15) is 0 Å². The number of Topliss-reactive ketones (excluding diaryl/α,β-unsaturated/α-hetero) is 1. The van der Waals surface area contributed by atoms with E-state index in [1.165, 1.54) is 19.2 Å². The minimum Gasteiger partial charge on any atom is -0.507 e. The maximum Gasteiger partial charge on any atom is 0.187 e. The molecule has 6 nitrogen and oxygen atoms in total. The minimum atomic E-state index is -0.436. The molecule has 6 heteroatoms. The molecule has 0 spiro atoms. The average molecular weight is 314 g/mol. The summed E-state index contributed by atoms with van der Waals surface area (Å²) in [5, 5.41) is 11.5.